The second kappa shape index (κ2) is 11.6. The standard InChI is InChI=1S/C24H25O6P/c25-24(28-19-30-31(26,27)29-18-20-10-4-1-5-11-20)17-16-23(21-12-6-2-7-13-21)22-14-8-3-9-15-22/h1-15,23H,16-19H2,(H,26,27). The van der Waals surface area contributed by atoms with E-state index in [4.69, 9.17) is 13.8 Å². The second-order valence-corrected chi connectivity index (χ2v) is 8.36. The van der Waals surface area contributed by atoms with E-state index in [1.807, 2.05) is 66.7 Å². The summed E-state index contributed by atoms with van der Waals surface area (Å²) in [5, 5.41) is 0. The maximum atomic E-state index is 12.2. The molecule has 0 heterocycles. The van der Waals surface area contributed by atoms with Gasteiger partial charge >= 0.3 is 13.8 Å². The summed E-state index contributed by atoms with van der Waals surface area (Å²) < 4.78 is 26.6. The molecule has 1 atom stereocenters. The van der Waals surface area contributed by atoms with Gasteiger partial charge in [0.15, 0.2) is 0 Å². The molecule has 1 N–H and O–H groups in total. The molecule has 0 aliphatic carbocycles. The Labute approximate surface area is 182 Å². The summed E-state index contributed by atoms with van der Waals surface area (Å²) in [5.41, 5.74) is 2.93. The highest BCUT2D eigenvalue weighted by Crippen LogP contribution is 2.44. The fraction of sp³-hybridized carbons (Fsp3) is 0.208. The minimum absolute atomic E-state index is 0.0361. The number of benzene rings is 3. The molecule has 0 amide bonds. The summed E-state index contributed by atoms with van der Waals surface area (Å²) in [6.07, 6.45) is 0.673. The zero-order valence-electron chi connectivity index (χ0n) is 17.0. The van der Waals surface area contributed by atoms with Gasteiger partial charge in [-0.1, -0.05) is 91.0 Å². The van der Waals surface area contributed by atoms with Gasteiger partial charge in [0, 0.05) is 12.3 Å². The van der Waals surface area contributed by atoms with E-state index in [0.29, 0.717) is 6.42 Å². The monoisotopic (exact) mass is 440 g/mol. The van der Waals surface area contributed by atoms with E-state index < -0.39 is 20.6 Å². The van der Waals surface area contributed by atoms with Crippen molar-refractivity contribution in [2.45, 2.75) is 25.4 Å². The normalized spacial score (nSPS) is 13.0. The minimum Gasteiger partial charge on any atom is -0.438 e. The zero-order valence-corrected chi connectivity index (χ0v) is 17.9. The SMILES string of the molecule is O=C(CCC(c1ccccc1)c1ccccc1)OCOP(=O)(O)OCc1ccccc1. The predicted octanol–water partition coefficient (Wildman–Crippen LogP) is 5.43. The molecule has 162 valence electrons. The first-order chi connectivity index (χ1) is 15.0. The van der Waals surface area contributed by atoms with Crippen molar-refractivity contribution in [1.29, 1.82) is 0 Å². The Kier molecular flexibility index (Phi) is 8.56. The number of hydrogen-bond acceptors (Lipinski definition) is 5. The van der Waals surface area contributed by atoms with Crippen molar-refractivity contribution in [1.82, 2.24) is 0 Å². The highest BCUT2D eigenvalue weighted by molar-refractivity contribution is 7.47. The Morgan fingerprint density at radius 3 is 1.87 bits per heavy atom. The Balaban J connectivity index is 1.46. The zero-order chi connectivity index (χ0) is 21.9. The van der Waals surface area contributed by atoms with E-state index in [0.717, 1.165) is 16.7 Å². The van der Waals surface area contributed by atoms with Crippen LogP contribution in [0.5, 0.6) is 0 Å². The average Bonchev–Trinajstić information content (AvgIpc) is 2.80. The van der Waals surface area contributed by atoms with Gasteiger partial charge in [-0.15, -0.1) is 0 Å². The molecule has 6 nitrogen and oxygen atoms in total. The number of ether oxygens (including phenoxy) is 1. The van der Waals surface area contributed by atoms with Crippen molar-refractivity contribution < 1.29 is 28.0 Å². The van der Waals surface area contributed by atoms with E-state index in [2.05, 4.69) is 0 Å². The summed E-state index contributed by atoms with van der Waals surface area (Å²) >= 11 is 0. The van der Waals surface area contributed by atoms with Crippen LogP contribution in [-0.4, -0.2) is 17.7 Å². The number of rotatable bonds is 11. The predicted molar refractivity (Wildman–Crippen MR) is 117 cm³/mol. The largest absolute Gasteiger partial charge is 0.475 e. The third-order valence-corrected chi connectivity index (χ3v) is 5.60. The Hall–Kier alpha value is -2.76. The molecule has 0 saturated heterocycles. The highest BCUT2D eigenvalue weighted by atomic mass is 31.2. The molecule has 0 spiro atoms. The molecule has 0 aliphatic heterocycles. The van der Waals surface area contributed by atoms with Gasteiger partial charge in [0.1, 0.15) is 0 Å². The first kappa shape index (κ1) is 22.9. The molecule has 1 unspecified atom stereocenters. The van der Waals surface area contributed by atoms with Crippen molar-refractivity contribution in [3.05, 3.63) is 108 Å². The van der Waals surface area contributed by atoms with Gasteiger partial charge in [-0.05, 0) is 23.1 Å². The molecule has 0 aliphatic rings. The van der Waals surface area contributed by atoms with Crippen molar-refractivity contribution in [3.8, 4) is 0 Å². The quantitative estimate of drug-likeness (QED) is 0.243. The molecule has 31 heavy (non-hydrogen) atoms. The van der Waals surface area contributed by atoms with Crippen LogP contribution < -0.4 is 0 Å². The van der Waals surface area contributed by atoms with Crippen LogP contribution in [0.1, 0.15) is 35.4 Å². The molecule has 3 rings (SSSR count). The summed E-state index contributed by atoms with van der Waals surface area (Å²) in [6, 6.07) is 28.8. The molecular formula is C24H25O6P. The van der Waals surface area contributed by atoms with E-state index >= 15 is 0 Å². The topological polar surface area (TPSA) is 82.1 Å². The lowest BCUT2D eigenvalue weighted by Crippen LogP contribution is -2.11. The first-order valence-corrected chi connectivity index (χ1v) is 11.4. The third-order valence-electron chi connectivity index (χ3n) is 4.71. The highest BCUT2D eigenvalue weighted by Gasteiger charge is 2.22. The van der Waals surface area contributed by atoms with Crippen LogP contribution in [0.4, 0.5) is 0 Å². The van der Waals surface area contributed by atoms with Gasteiger partial charge in [0.05, 0.1) is 6.61 Å². The van der Waals surface area contributed by atoms with Gasteiger partial charge in [-0.3, -0.25) is 9.32 Å². The molecule has 0 bridgehead atoms. The van der Waals surface area contributed by atoms with Crippen LogP contribution in [0.25, 0.3) is 0 Å². The third kappa shape index (κ3) is 7.78. The van der Waals surface area contributed by atoms with E-state index in [-0.39, 0.29) is 18.9 Å². The maximum Gasteiger partial charge on any atom is 0.475 e. The number of hydrogen-bond donors (Lipinski definition) is 1. The smallest absolute Gasteiger partial charge is 0.438 e. The van der Waals surface area contributed by atoms with Gasteiger partial charge < -0.3 is 9.63 Å². The van der Waals surface area contributed by atoms with Crippen LogP contribution >= 0.6 is 7.82 Å². The molecule has 3 aromatic rings. The minimum atomic E-state index is -4.33. The lowest BCUT2D eigenvalue weighted by Gasteiger charge is -2.18. The molecule has 0 fully saturated rings. The number of carbonyl (C=O) groups is 1. The summed E-state index contributed by atoms with van der Waals surface area (Å²) in [7, 11) is -4.33. The Morgan fingerprint density at radius 2 is 1.32 bits per heavy atom. The lowest BCUT2D eigenvalue weighted by molar-refractivity contribution is -0.151. The summed E-state index contributed by atoms with van der Waals surface area (Å²) in [5.74, 6) is -0.478. The molecule has 0 saturated carbocycles. The Bertz CT molecular complexity index is 939. The van der Waals surface area contributed by atoms with Gasteiger partial charge in [0.2, 0.25) is 6.79 Å². The van der Waals surface area contributed by atoms with E-state index in [1.54, 1.807) is 24.3 Å². The number of esters is 1. The first-order valence-electron chi connectivity index (χ1n) is 9.95. The molecule has 0 radical (unpaired) electrons. The Morgan fingerprint density at radius 1 is 0.806 bits per heavy atom. The van der Waals surface area contributed by atoms with Crippen LogP contribution in [0.3, 0.4) is 0 Å². The maximum absolute atomic E-state index is 12.2. The van der Waals surface area contributed by atoms with Crippen LogP contribution in [0.2, 0.25) is 0 Å². The lowest BCUT2D eigenvalue weighted by atomic mass is 9.87. The van der Waals surface area contributed by atoms with Crippen molar-refractivity contribution >= 4 is 13.8 Å². The summed E-state index contributed by atoms with van der Waals surface area (Å²) in [6.45, 7) is -0.735. The van der Waals surface area contributed by atoms with Crippen LogP contribution in [-0.2, 0) is 29.8 Å². The van der Waals surface area contributed by atoms with Gasteiger partial charge in [0.25, 0.3) is 0 Å². The van der Waals surface area contributed by atoms with Crippen LogP contribution in [0, 0.1) is 0 Å². The van der Waals surface area contributed by atoms with Crippen molar-refractivity contribution in [2.75, 3.05) is 6.79 Å². The van der Waals surface area contributed by atoms with E-state index in [1.165, 1.54) is 0 Å². The molecule has 3 aromatic carbocycles. The average molecular weight is 440 g/mol. The number of carbonyl (C=O) groups excluding carboxylic acids is 1. The number of phosphoric acid groups is 1. The summed E-state index contributed by atoms with van der Waals surface area (Å²) in [4.78, 5) is 21.9. The van der Waals surface area contributed by atoms with E-state index in [9.17, 15) is 14.3 Å². The second-order valence-electron chi connectivity index (χ2n) is 6.90. The fourth-order valence-corrected chi connectivity index (χ4v) is 3.73. The molecule has 0 aromatic heterocycles. The molecular weight excluding hydrogens is 415 g/mol. The van der Waals surface area contributed by atoms with Crippen LogP contribution in [0.15, 0.2) is 91.0 Å². The fourth-order valence-electron chi connectivity index (χ4n) is 3.16. The molecule has 7 heteroatoms. The van der Waals surface area contributed by atoms with Crippen molar-refractivity contribution in [2.24, 2.45) is 0 Å². The van der Waals surface area contributed by atoms with Crippen molar-refractivity contribution in [3.63, 3.8) is 0 Å². The number of phosphoric ester groups is 1. The van der Waals surface area contributed by atoms with Gasteiger partial charge in [-0.2, -0.15) is 0 Å². The van der Waals surface area contributed by atoms with Gasteiger partial charge in [-0.25, -0.2) is 9.09 Å².